The zero-order valence-electron chi connectivity index (χ0n) is 14.5. The summed E-state index contributed by atoms with van der Waals surface area (Å²) in [4.78, 5) is 0. The number of aromatic nitrogens is 5. The van der Waals surface area contributed by atoms with Gasteiger partial charge in [-0.05, 0) is 47.5 Å². The highest BCUT2D eigenvalue weighted by atomic mass is 15.6. The number of aryl methyl sites for hydroxylation is 1. The first-order valence-electron chi connectivity index (χ1n) is 9.03. The molecule has 1 saturated carbocycles. The number of anilines is 1. The third-order valence-electron chi connectivity index (χ3n) is 5.06. The van der Waals surface area contributed by atoms with E-state index in [9.17, 15) is 0 Å². The zero-order valence-corrected chi connectivity index (χ0v) is 14.5. The van der Waals surface area contributed by atoms with Crippen molar-refractivity contribution in [2.45, 2.75) is 44.2 Å². The van der Waals surface area contributed by atoms with E-state index in [-0.39, 0.29) is 6.04 Å². The molecule has 1 N–H and O–H groups in total. The minimum Gasteiger partial charge on any atom is -0.370 e. The summed E-state index contributed by atoms with van der Waals surface area (Å²) in [5, 5.41) is 16.4. The van der Waals surface area contributed by atoms with E-state index in [2.05, 4.69) is 62.9 Å². The fourth-order valence-corrected chi connectivity index (χ4v) is 3.72. The molecule has 0 bridgehead atoms. The largest absolute Gasteiger partial charge is 0.370 e. The molecule has 1 atom stereocenters. The third-order valence-corrected chi connectivity index (χ3v) is 5.06. The fraction of sp³-hybridized carbons (Fsp3) is 0.421. The molecule has 0 amide bonds. The molecule has 1 fully saturated rings. The molecule has 0 radical (unpaired) electrons. The molecule has 25 heavy (non-hydrogen) atoms. The first-order valence-corrected chi connectivity index (χ1v) is 9.03. The third kappa shape index (κ3) is 3.29. The minimum absolute atomic E-state index is 0.0840. The second kappa shape index (κ2) is 7.09. The molecular weight excluding hydrogens is 312 g/mol. The predicted molar refractivity (Wildman–Crippen MR) is 97.3 cm³/mol. The van der Waals surface area contributed by atoms with Gasteiger partial charge in [-0.15, -0.1) is 5.10 Å². The Kier molecular flexibility index (Phi) is 4.50. The van der Waals surface area contributed by atoms with Crippen LogP contribution in [0.25, 0.3) is 0 Å². The van der Waals surface area contributed by atoms with Gasteiger partial charge < -0.3 is 9.88 Å². The van der Waals surface area contributed by atoms with E-state index in [1.807, 2.05) is 22.9 Å². The number of para-hydroxylation sites is 1. The second-order valence-electron chi connectivity index (χ2n) is 6.76. The monoisotopic (exact) mass is 336 g/mol. The summed E-state index contributed by atoms with van der Waals surface area (Å²) in [6, 6.07) is 14.7. The van der Waals surface area contributed by atoms with Crippen LogP contribution in [-0.2, 0) is 7.05 Å². The normalized spacial score (nSPS) is 16.7. The summed E-state index contributed by atoms with van der Waals surface area (Å²) in [6.07, 6.45) is 8.20. The van der Waals surface area contributed by atoms with Crippen LogP contribution in [-0.4, -0.2) is 24.8 Å². The Bertz CT molecular complexity index is 800. The average molecular weight is 336 g/mol. The Labute approximate surface area is 147 Å². The Hall–Kier alpha value is -2.63. The van der Waals surface area contributed by atoms with E-state index in [1.165, 1.54) is 19.3 Å². The van der Waals surface area contributed by atoms with Crippen LogP contribution in [0.3, 0.4) is 0 Å². The quantitative estimate of drug-likeness (QED) is 0.771. The van der Waals surface area contributed by atoms with Crippen molar-refractivity contribution in [1.29, 1.82) is 0 Å². The number of nitrogens with one attached hydrogen (secondary N) is 1. The molecule has 0 saturated heterocycles. The summed E-state index contributed by atoms with van der Waals surface area (Å²) in [5.74, 6) is 0.887. The van der Waals surface area contributed by atoms with Crippen LogP contribution in [0.5, 0.6) is 0 Å². The summed E-state index contributed by atoms with van der Waals surface area (Å²) in [5.41, 5.74) is 2.21. The summed E-state index contributed by atoms with van der Waals surface area (Å²) in [7, 11) is 2.06. The number of hydrogen-bond donors (Lipinski definition) is 1. The summed E-state index contributed by atoms with van der Waals surface area (Å²) in [6.45, 7) is 0. The molecule has 0 aliphatic heterocycles. The molecule has 6 nitrogen and oxygen atoms in total. The van der Waals surface area contributed by atoms with E-state index in [0.717, 1.165) is 30.0 Å². The van der Waals surface area contributed by atoms with Gasteiger partial charge in [0.05, 0.1) is 6.04 Å². The molecule has 2 heterocycles. The van der Waals surface area contributed by atoms with E-state index in [4.69, 9.17) is 0 Å². The molecule has 0 spiro atoms. The number of benzene rings is 1. The van der Waals surface area contributed by atoms with Crippen LogP contribution in [0, 0.1) is 0 Å². The van der Waals surface area contributed by atoms with Crippen LogP contribution in [0.2, 0.25) is 0 Å². The standard InChI is InChI=1S/C19H24N6/c1-24-14-8-13-17(24)18(20-15-9-4-2-5-10-15)19-21-22-23-25(19)16-11-6-3-7-12-16/h2,4-5,8-10,13-14,16,18,20H,3,6-7,11-12H2,1H3/t18-/m0/s1. The Morgan fingerprint density at radius 2 is 1.84 bits per heavy atom. The van der Waals surface area contributed by atoms with E-state index in [1.54, 1.807) is 0 Å². The van der Waals surface area contributed by atoms with E-state index < -0.39 is 0 Å². The van der Waals surface area contributed by atoms with Crippen molar-refractivity contribution >= 4 is 5.69 Å². The van der Waals surface area contributed by atoms with Crippen LogP contribution in [0.15, 0.2) is 48.7 Å². The SMILES string of the molecule is Cn1cccc1[C@H](Nc1ccccc1)c1nnnn1C1CCCCC1. The van der Waals surface area contributed by atoms with Gasteiger partial charge in [-0.25, -0.2) is 4.68 Å². The van der Waals surface area contributed by atoms with Crippen molar-refractivity contribution in [3.05, 3.63) is 60.2 Å². The summed E-state index contributed by atoms with van der Waals surface area (Å²) < 4.78 is 4.17. The minimum atomic E-state index is -0.0840. The van der Waals surface area contributed by atoms with Gasteiger partial charge >= 0.3 is 0 Å². The van der Waals surface area contributed by atoms with Crippen molar-refractivity contribution in [3.63, 3.8) is 0 Å². The maximum atomic E-state index is 4.41. The predicted octanol–water partition coefficient (Wildman–Crippen LogP) is 3.72. The molecular formula is C19H24N6. The number of tetrazole rings is 1. The number of rotatable bonds is 5. The molecule has 1 aliphatic carbocycles. The lowest BCUT2D eigenvalue weighted by Crippen LogP contribution is -2.24. The van der Waals surface area contributed by atoms with Gasteiger partial charge in [0, 0.05) is 24.6 Å². The van der Waals surface area contributed by atoms with Crippen LogP contribution >= 0.6 is 0 Å². The summed E-state index contributed by atoms with van der Waals surface area (Å²) >= 11 is 0. The first kappa shape index (κ1) is 15.9. The van der Waals surface area contributed by atoms with Crippen LogP contribution in [0.4, 0.5) is 5.69 Å². The topological polar surface area (TPSA) is 60.6 Å². The maximum Gasteiger partial charge on any atom is 0.180 e. The molecule has 0 unspecified atom stereocenters. The first-order chi connectivity index (χ1) is 12.3. The Morgan fingerprint density at radius 1 is 1.04 bits per heavy atom. The highest BCUT2D eigenvalue weighted by Crippen LogP contribution is 2.32. The second-order valence-corrected chi connectivity index (χ2v) is 6.76. The van der Waals surface area contributed by atoms with Crippen molar-refractivity contribution in [1.82, 2.24) is 24.8 Å². The molecule has 4 rings (SSSR count). The average Bonchev–Trinajstić information content (AvgIpc) is 3.31. The highest BCUT2D eigenvalue weighted by molar-refractivity contribution is 5.46. The molecule has 130 valence electrons. The van der Waals surface area contributed by atoms with Gasteiger partial charge in [0.15, 0.2) is 5.82 Å². The lowest BCUT2D eigenvalue weighted by molar-refractivity contribution is 0.315. The van der Waals surface area contributed by atoms with Gasteiger partial charge in [-0.2, -0.15) is 0 Å². The van der Waals surface area contributed by atoms with Crippen LogP contribution in [0.1, 0.15) is 55.7 Å². The van der Waals surface area contributed by atoms with Gasteiger partial charge in [0.1, 0.15) is 6.04 Å². The molecule has 1 aromatic carbocycles. The fourth-order valence-electron chi connectivity index (χ4n) is 3.72. The Balaban J connectivity index is 1.71. The van der Waals surface area contributed by atoms with E-state index in [0.29, 0.717) is 6.04 Å². The lowest BCUT2D eigenvalue weighted by Gasteiger charge is -2.26. The van der Waals surface area contributed by atoms with Gasteiger partial charge in [-0.3, -0.25) is 0 Å². The molecule has 1 aliphatic rings. The van der Waals surface area contributed by atoms with Crippen molar-refractivity contribution in [2.24, 2.45) is 7.05 Å². The van der Waals surface area contributed by atoms with Crippen molar-refractivity contribution in [3.8, 4) is 0 Å². The van der Waals surface area contributed by atoms with Gasteiger partial charge in [0.2, 0.25) is 0 Å². The van der Waals surface area contributed by atoms with Gasteiger partial charge in [0.25, 0.3) is 0 Å². The molecule has 6 heteroatoms. The smallest absolute Gasteiger partial charge is 0.180 e. The van der Waals surface area contributed by atoms with Crippen molar-refractivity contribution in [2.75, 3.05) is 5.32 Å². The lowest BCUT2D eigenvalue weighted by atomic mass is 9.95. The van der Waals surface area contributed by atoms with Crippen molar-refractivity contribution < 1.29 is 0 Å². The Morgan fingerprint density at radius 3 is 2.56 bits per heavy atom. The zero-order chi connectivity index (χ0) is 17.1. The van der Waals surface area contributed by atoms with E-state index >= 15 is 0 Å². The molecule has 3 aromatic rings. The van der Waals surface area contributed by atoms with Gasteiger partial charge in [-0.1, -0.05) is 37.5 Å². The van der Waals surface area contributed by atoms with Crippen LogP contribution < -0.4 is 5.32 Å². The number of nitrogens with zero attached hydrogens (tertiary/aromatic N) is 5. The number of hydrogen-bond acceptors (Lipinski definition) is 4. The highest BCUT2D eigenvalue weighted by Gasteiger charge is 2.27. The molecule has 2 aromatic heterocycles. The maximum absolute atomic E-state index is 4.41.